The molecule has 4 nitrogen and oxygen atoms in total. The van der Waals surface area contributed by atoms with Crippen LogP contribution in [0.3, 0.4) is 0 Å². The van der Waals surface area contributed by atoms with Crippen LogP contribution < -0.4 is 0 Å². The number of imidazole rings is 1. The summed E-state index contributed by atoms with van der Waals surface area (Å²) in [6, 6.07) is 36.9. The van der Waals surface area contributed by atoms with Gasteiger partial charge in [0.25, 0.3) is 0 Å². The Morgan fingerprint density at radius 1 is 0.711 bits per heavy atom. The minimum absolute atomic E-state index is 0. The second-order valence-electron chi connectivity index (χ2n) is 10.0. The summed E-state index contributed by atoms with van der Waals surface area (Å²) in [5.41, 5.74) is 9.52. The fraction of sp³-hybridized carbons (Fsp3) is 0.121. The molecule has 7 rings (SSSR count). The zero-order valence-electron chi connectivity index (χ0n) is 21.4. The Labute approximate surface area is 236 Å². The first-order chi connectivity index (χ1) is 18.0. The van der Waals surface area contributed by atoms with Gasteiger partial charge in [0.1, 0.15) is 5.82 Å². The summed E-state index contributed by atoms with van der Waals surface area (Å²) in [5, 5.41) is 0. The van der Waals surface area contributed by atoms with Crippen LogP contribution in [0.25, 0.3) is 50.4 Å². The second-order valence-corrected chi connectivity index (χ2v) is 10.0. The van der Waals surface area contributed by atoms with Crippen molar-refractivity contribution in [3.63, 3.8) is 0 Å². The molecule has 1 aliphatic heterocycles. The zero-order chi connectivity index (χ0) is 25.4. The largest absolute Gasteiger partial charge is 0.337 e. The van der Waals surface area contributed by atoms with Gasteiger partial charge in [0.05, 0.1) is 11.0 Å². The molecule has 5 heteroatoms. The normalized spacial score (nSPS) is 11.3. The van der Waals surface area contributed by atoms with Crippen molar-refractivity contribution in [3.8, 4) is 39.3 Å². The Balaban J connectivity index is 0.000000191. The fourth-order valence-corrected chi connectivity index (χ4v) is 4.78. The van der Waals surface area contributed by atoms with Crippen molar-refractivity contribution in [1.82, 2.24) is 19.5 Å². The Bertz CT molecular complexity index is 1660. The molecule has 0 saturated carbocycles. The molecule has 0 unspecified atom stereocenters. The Morgan fingerprint density at radius 3 is 2.26 bits per heavy atom. The predicted octanol–water partition coefficient (Wildman–Crippen LogP) is 7.71. The van der Waals surface area contributed by atoms with Gasteiger partial charge in [-0.3, -0.25) is 0 Å². The summed E-state index contributed by atoms with van der Waals surface area (Å²) in [6.07, 6.45) is 3.64. The Morgan fingerprint density at radius 2 is 1.50 bits per heavy atom. The first-order valence-electron chi connectivity index (χ1n) is 12.4. The molecule has 0 spiro atoms. The molecule has 189 valence electrons. The molecule has 0 atom stereocenters. The summed E-state index contributed by atoms with van der Waals surface area (Å²) in [6.45, 7) is 6.62. The van der Waals surface area contributed by atoms with E-state index in [0.29, 0.717) is 0 Å². The van der Waals surface area contributed by atoms with E-state index in [-0.39, 0.29) is 25.5 Å². The zero-order valence-corrected chi connectivity index (χ0v) is 23.8. The maximum absolute atomic E-state index is 5.00. The van der Waals surface area contributed by atoms with E-state index >= 15 is 0 Å². The molecule has 0 amide bonds. The third-order valence-corrected chi connectivity index (χ3v) is 6.41. The van der Waals surface area contributed by atoms with E-state index in [1.807, 2.05) is 66.9 Å². The van der Waals surface area contributed by atoms with E-state index in [0.717, 1.165) is 50.6 Å². The van der Waals surface area contributed by atoms with Crippen molar-refractivity contribution >= 4 is 11.0 Å². The van der Waals surface area contributed by atoms with Gasteiger partial charge < -0.3 is 14.5 Å². The number of fused-ring (bicyclic) bond motifs is 5. The van der Waals surface area contributed by atoms with Crippen molar-refractivity contribution in [2.24, 2.45) is 0 Å². The van der Waals surface area contributed by atoms with Gasteiger partial charge in [-0.2, -0.15) is 0 Å². The summed E-state index contributed by atoms with van der Waals surface area (Å²) < 4.78 is 2.30. The number of hydrogen-bond donors (Lipinski definition) is 0. The maximum atomic E-state index is 5.00. The smallest absolute Gasteiger partial charge is 0.111 e. The van der Waals surface area contributed by atoms with Crippen LogP contribution in [-0.2, 0) is 25.5 Å². The third kappa shape index (κ3) is 4.60. The summed E-state index contributed by atoms with van der Waals surface area (Å²) >= 11 is 0. The summed E-state index contributed by atoms with van der Waals surface area (Å²) in [7, 11) is 0. The van der Waals surface area contributed by atoms with Gasteiger partial charge in [-0.1, -0.05) is 51.1 Å². The maximum Gasteiger partial charge on any atom is 0.111 e. The molecule has 0 aliphatic carbocycles. The summed E-state index contributed by atoms with van der Waals surface area (Å²) in [4.78, 5) is 13.9. The number of pyridine rings is 2. The average Bonchev–Trinajstić information content (AvgIpc) is 3.30. The van der Waals surface area contributed by atoms with Crippen LogP contribution in [0, 0.1) is 12.1 Å². The van der Waals surface area contributed by atoms with Crippen LogP contribution in [0.5, 0.6) is 0 Å². The van der Waals surface area contributed by atoms with Gasteiger partial charge in [-0.15, -0.1) is 65.7 Å². The van der Waals surface area contributed by atoms with Crippen LogP contribution >= 0.6 is 0 Å². The molecule has 3 aromatic heterocycles. The van der Waals surface area contributed by atoms with Crippen molar-refractivity contribution in [3.05, 3.63) is 121 Å². The van der Waals surface area contributed by atoms with E-state index in [9.17, 15) is 0 Å². The summed E-state index contributed by atoms with van der Waals surface area (Å²) in [5.74, 6) is 1.06. The molecule has 3 aromatic carbocycles. The Kier molecular flexibility index (Phi) is 7.07. The predicted molar refractivity (Wildman–Crippen MR) is 149 cm³/mol. The molecule has 6 aromatic rings. The standard InChI is InChI=1S/C22H18N3.C11H8N.Ir/c1-22(2,3)21-24-17-11-6-9-15-14-10-7-13-23-19(14)16-8-4-5-12-18(16)25(21)20(15)17;1-2-6-10(7-3-1)11-8-4-5-9-12-11;/h4-7,9-13H,1-3H3;1-6,8-9H;/q2*-1;. The molecular weight excluding hydrogens is 645 g/mol. The van der Waals surface area contributed by atoms with Crippen LogP contribution in [-0.4, -0.2) is 19.5 Å². The Hall–Kier alpha value is -3.92. The molecule has 38 heavy (non-hydrogen) atoms. The van der Waals surface area contributed by atoms with E-state index in [4.69, 9.17) is 9.97 Å². The first kappa shape index (κ1) is 25.7. The number of para-hydroxylation sites is 1. The van der Waals surface area contributed by atoms with Crippen molar-refractivity contribution in [2.75, 3.05) is 0 Å². The molecule has 1 aliphatic rings. The quantitative estimate of drug-likeness (QED) is 0.168. The number of hydrogen-bond acceptors (Lipinski definition) is 3. The fourth-order valence-electron chi connectivity index (χ4n) is 4.78. The van der Waals surface area contributed by atoms with Crippen molar-refractivity contribution < 1.29 is 20.1 Å². The van der Waals surface area contributed by atoms with Crippen molar-refractivity contribution in [2.45, 2.75) is 26.2 Å². The molecule has 0 saturated heterocycles. The van der Waals surface area contributed by atoms with Gasteiger partial charge in [0.15, 0.2) is 0 Å². The van der Waals surface area contributed by atoms with Crippen molar-refractivity contribution in [1.29, 1.82) is 0 Å². The minimum Gasteiger partial charge on any atom is -0.337 e. The van der Waals surface area contributed by atoms with E-state index in [1.54, 1.807) is 6.20 Å². The number of aromatic nitrogens is 4. The molecule has 0 fully saturated rings. The van der Waals surface area contributed by atoms with Gasteiger partial charge in [0, 0.05) is 43.5 Å². The van der Waals surface area contributed by atoms with Crippen LogP contribution in [0.2, 0.25) is 0 Å². The average molecular weight is 671 g/mol. The van der Waals surface area contributed by atoms with Gasteiger partial charge in [-0.05, 0) is 40.8 Å². The van der Waals surface area contributed by atoms with E-state index in [2.05, 4.69) is 72.8 Å². The monoisotopic (exact) mass is 671 g/mol. The minimum atomic E-state index is -0.0760. The van der Waals surface area contributed by atoms with Gasteiger partial charge >= 0.3 is 0 Å². The van der Waals surface area contributed by atoms with Crippen LogP contribution in [0.15, 0.2) is 103 Å². The molecule has 4 heterocycles. The van der Waals surface area contributed by atoms with Crippen LogP contribution in [0.4, 0.5) is 0 Å². The molecule has 1 radical (unpaired) electrons. The topological polar surface area (TPSA) is 43.6 Å². The third-order valence-electron chi connectivity index (χ3n) is 6.41. The molecule has 0 N–H and O–H groups in total. The first-order valence-corrected chi connectivity index (χ1v) is 12.4. The molecule has 0 bridgehead atoms. The number of rotatable bonds is 1. The van der Waals surface area contributed by atoms with E-state index in [1.165, 1.54) is 5.56 Å². The van der Waals surface area contributed by atoms with Gasteiger partial charge in [0.2, 0.25) is 0 Å². The number of nitrogens with zero attached hydrogens (tertiary/aromatic N) is 4. The van der Waals surface area contributed by atoms with E-state index < -0.39 is 0 Å². The van der Waals surface area contributed by atoms with Gasteiger partial charge in [-0.25, -0.2) is 4.98 Å². The molecular formula is C33H26IrN4-2. The second kappa shape index (κ2) is 10.4. The SMILES string of the molecule is CC(C)(C)c1nc2cccc3c2n1-c1ccc[c-]c1-c1ncccc1-3.[Ir].[c-]1ccccc1-c1ccccn1. The number of benzene rings is 3. The van der Waals surface area contributed by atoms with Crippen LogP contribution in [0.1, 0.15) is 26.6 Å².